The Morgan fingerprint density at radius 1 is 0.939 bits per heavy atom. The zero-order valence-electron chi connectivity index (χ0n) is 29.3. The number of amides is 1. The van der Waals surface area contributed by atoms with Gasteiger partial charge in [-0.2, -0.15) is 0 Å². The van der Waals surface area contributed by atoms with Crippen LogP contribution in [0, 0.1) is 11.7 Å². The molecule has 1 N–H and O–H groups in total. The predicted octanol–water partition coefficient (Wildman–Crippen LogP) is 4.91. The van der Waals surface area contributed by atoms with Gasteiger partial charge in [-0.1, -0.05) is 18.2 Å². The fourth-order valence-electron chi connectivity index (χ4n) is 8.99. The van der Waals surface area contributed by atoms with Crippen LogP contribution in [0.3, 0.4) is 0 Å². The van der Waals surface area contributed by atoms with Crippen LogP contribution < -0.4 is 9.64 Å². The Balaban J connectivity index is 1.30. The molecule has 10 nitrogen and oxygen atoms in total. The smallest absolute Gasteiger partial charge is 0.306 e. The van der Waals surface area contributed by atoms with Crippen LogP contribution in [0.15, 0.2) is 42.5 Å². The number of carboxylic acids is 1. The first kappa shape index (κ1) is 35.6. The number of carbonyl (C=O) groups is 2. The standard InChI is InChI=1S/C38H52FN3O7/c1-46-23-30-19-27(33-14-7-28(39)20-35(33)40-17-15-26(16-18-40)36(43)44)21-42(30)37(45)38(49-4)24-41(29-8-12-32(48-3)13-9-29)22-34(38)25-5-10-31(47-2)11-6-25/h5-7,10-11,14,20,26-27,29-30,32,34H,8-9,12-13,15-19,21-24H2,1-4H3,(H,43,44)/t27-,29?,30+,32?,34+,38+/m1/s1. The molecule has 0 spiro atoms. The Morgan fingerprint density at radius 2 is 1.65 bits per heavy atom. The summed E-state index contributed by atoms with van der Waals surface area (Å²) in [5.74, 6) is -1.02. The molecule has 11 heteroatoms. The number of hydrogen-bond donors (Lipinski definition) is 1. The maximum atomic E-state index is 15.2. The summed E-state index contributed by atoms with van der Waals surface area (Å²) < 4.78 is 38.0. The van der Waals surface area contributed by atoms with E-state index in [2.05, 4.69) is 9.80 Å². The fraction of sp³-hybridized carbons (Fsp3) is 0.632. The average Bonchev–Trinajstić information content (AvgIpc) is 3.74. The Hall–Kier alpha value is -3.25. The Kier molecular flexibility index (Phi) is 11.1. The monoisotopic (exact) mass is 681 g/mol. The van der Waals surface area contributed by atoms with Crippen molar-refractivity contribution in [2.75, 3.05) is 72.7 Å². The lowest BCUT2D eigenvalue weighted by Crippen LogP contribution is -2.57. The van der Waals surface area contributed by atoms with Crippen LogP contribution in [-0.2, 0) is 23.8 Å². The third-order valence-electron chi connectivity index (χ3n) is 11.8. The largest absolute Gasteiger partial charge is 0.497 e. The van der Waals surface area contributed by atoms with Gasteiger partial charge < -0.3 is 33.9 Å². The highest BCUT2D eigenvalue weighted by Crippen LogP contribution is 2.46. The molecule has 1 amide bonds. The van der Waals surface area contributed by atoms with Crippen molar-refractivity contribution in [3.05, 3.63) is 59.4 Å². The van der Waals surface area contributed by atoms with Crippen molar-refractivity contribution >= 4 is 17.6 Å². The second kappa shape index (κ2) is 15.3. The van der Waals surface area contributed by atoms with Gasteiger partial charge in [0.2, 0.25) is 0 Å². The molecular weight excluding hydrogens is 629 g/mol. The molecule has 0 radical (unpaired) electrons. The van der Waals surface area contributed by atoms with Gasteiger partial charge >= 0.3 is 5.97 Å². The number of nitrogens with zero attached hydrogens (tertiary/aromatic N) is 3. The zero-order valence-corrected chi connectivity index (χ0v) is 29.3. The molecule has 0 bridgehead atoms. The van der Waals surface area contributed by atoms with Crippen LogP contribution in [0.25, 0.3) is 0 Å². The van der Waals surface area contributed by atoms with Crippen molar-refractivity contribution in [1.82, 2.24) is 9.80 Å². The molecular formula is C38H52FN3O7. The van der Waals surface area contributed by atoms with Crippen LogP contribution in [0.2, 0.25) is 0 Å². The summed E-state index contributed by atoms with van der Waals surface area (Å²) in [6.07, 6.45) is 5.99. The molecule has 0 unspecified atom stereocenters. The predicted molar refractivity (Wildman–Crippen MR) is 184 cm³/mol. The van der Waals surface area contributed by atoms with E-state index in [1.165, 1.54) is 6.07 Å². The van der Waals surface area contributed by atoms with Crippen LogP contribution in [0.4, 0.5) is 10.1 Å². The molecule has 3 saturated heterocycles. The maximum absolute atomic E-state index is 15.2. The highest BCUT2D eigenvalue weighted by Gasteiger charge is 2.57. The highest BCUT2D eigenvalue weighted by atomic mass is 19.1. The minimum Gasteiger partial charge on any atom is -0.497 e. The minimum absolute atomic E-state index is 0.0422. The molecule has 4 fully saturated rings. The number of methoxy groups -OCH3 is 4. The summed E-state index contributed by atoms with van der Waals surface area (Å²) in [6, 6.07) is 13.0. The van der Waals surface area contributed by atoms with Crippen molar-refractivity contribution in [2.24, 2.45) is 5.92 Å². The number of anilines is 1. The summed E-state index contributed by atoms with van der Waals surface area (Å²) in [5, 5.41) is 9.53. The fourth-order valence-corrected chi connectivity index (χ4v) is 8.99. The van der Waals surface area contributed by atoms with Gasteiger partial charge in [-0.05, 0) is 80.3 Å². The summed E-state index contributed by atoms with van der Waals surface area (Å²) in [6.45, 7) is 3.11. The van der Waals surface area contributed by atoms with E-state index >= 15 is 4.79 Å². The number of rotatable bonds is 11. The van der Waals surface area contributed by atoms with E-state index in [1.807, 2.05) is 35.2 Å². The number of benzene rings is 2. The molecule has 3 heterocycles. The number of ether oxygens (including phenoxy) is 4. The van der Waals surface area contributed by atoms with Gasteiger partial charge in [-0.3, -0.25) is 14.5 Å². The van der Waals surface area contributed by atoms with Crippen molar-refractivity contribution in [3.63, 3.8) is 0 Å². The summed E-state index contributed by atoms with van der Waals surface area (Å²) in [5.41, 5.74) is 1.69. The summed E-state index contributed by atoms with van der Waals surface area (Å²) in [7, 11) is 6.75. The van der Waals surface area contributed by atoms with Crippen LogP contribution in [0.5, 0.6) is 5.75 Å². The van der Waals surface area contributed by atoms with E-state index in [9.17, 15) is 14.3 Å². The third-order valence-corrected chi connectivity index (χ3v) is 11.8. The van der Waals surface area contributed by atoms with Gasteiger partial charge in [-0.25, -0.2) is 4.39 Å². The number of halogens is 1. The van der Waals surface area contributed by atoms with Crippen LogP contribution in [-0.4, -0.2) is 118 Å². The van der Waals surface area contributed by atoms with Gasteiger partial charge in [0.1, 0.15) is 11.6 Å². The lowest BCUT2D eigenvalue weighted by Gasteiger charge is -2.39. The molecule has 6 rings (SSSR count). The molecule has 1 saturated carbocycles. The van der Waals surface area contributed by atoms with Gasteiger partial charge in [0.25, 0.3) is 5.91 Å². The Bertz CT molecular complexity index is 1440. The zero-order chi connectivity index (χ0) is 34.7. The molecule has 4 atom stereocenters. The minimum atomic E-state index is -1.11. The van der Waals surface area contributed by atoms with Gasteiger partial charge in [0.15, 0.2) is 5.60 Å². The van der Waals surface area contributed by atoms with Crippen molar-refractivity contribution in [2.45, 2.75) is 80.6 Å². The van der Waals surface area contributed by atoms with E-state index in [0.29, 0.717) is 64.6 Å². The number of carbonyl (C=O) groups excluding carboxylic acids is 1. The molecule has 0 aromatic heterocycles. The van der Waals surface area contributed by atoms with E-state index in [4.69, 9.17) is 18.9 Å². The second-order valence-corrected chi connectivity index (χ2v) is 14.3. The highest BCUT2D eigenvalue weighted by molar-refractivity contribution is 5.88. The van der Waals surface area contributed by atoms with Gasteiger partial charge in [0.05, 0.1) is 31.8 Å². The first-order valence-electron chi connectivity index (χ1n) is 17.7. The van der Waals surface area contributed by atoms with Gasteiger partial charge in [-0.15, -0.1) is 0 Å². The van der Waals surface area contributed by atoms with Gasteiger partial charge in [0, 0.05) is 77.6 Å². The maximum Gasteiger partial charge on any atom is 0.306 e. The number of carboxylic acid groups (broad SMARTS) is 1. The first-order chi connectivity index (χ1) is 23.7. The number of hydrogen-bond acceptors (Lipinski definition) is 8. The Morgan fingerprint density at radius 3 is 2.27 bits per heavy atom. The summed E-state index contributed by atoms with van der Waals surface area (Å²) >= 11 is 0. The topological polar surface area (TPSA) is 101 Å². The number of likely N-dealkylation sites (tertiary alicyclic amines) is 2. The van der Waals surface area contributed by atoms with E-state index in [0.717, 1.165) is 48.2 Å². The van der Waals surface area contributed by atoms with E-state index in [-0.39, 0.29) is 41.6 Å². The number of aliphatic carboxylic acids is 1. The third kappa shape index (κ3) is 7.18. The molecule has 268 valence electrons. The lowest BCUT2D eigenvalue weighted by molar-refractivity contribution is -0.157. The van der Waals surface area contributed by atoms with Crippen molar-refractivity contribution < 1.29 is 38.0 Å². The number of piperidine rings is 1. The van der Waals surface area contributed by atoms with E-state index < -0.39 is 11.6 Å². The van der Waals surface area contributed by atoms with E-state index in [1.54, 1.807) is 34.5 Å². The molecule has 4 aliphatic rings. The first-order valence-corrected chi connectivity index (χ1v) is 17.7. The van der Waals surface area contributed by atoms with Crippen molar-refractivity contribution in [3.8, 4) is 5.75 Å². The SMILES string of the molecule is COC[C@@H]1C[C@@H](c2ccc(F)cc2N2CCC(C(=O)O)CC2)CN1C(=O)[C@]1(OC)CN(C2CCC(OC)CC2)C[C@H]1c1ccc(OC)cc1. The van der Waals surface area contributed by atoms with Crippen LogP contribution in [0.1, 0.15) is 67.9 Å². The average molecular weight is 682 g/mol. The lowest BCUT2D eigenvalue weighted by atomic mass is 9.83. The molecule has 3 aliphatic heterocycles. The molecule has 1 aliphatic carbocycles. The van der Waals surface area contributed by atoms with Crippen molar-refractivity contribution in [1.29, 1.82) is 0 Å². The normalized spacial score (nSPS) is 29.8. The van der Waals surface area contributed by atoms with Crippen LogP contribution >= 0.6 is 0 Å². The molecule has 49 heavy (non-hydrogen) atoms. The molecule has 2 aromatic carbocycles. The summed E-state index contributed by atoms with van der Waals surface area (Å²) in [4.78, 5) is 33.3. The Labute approximate surface area is 289 Å². The molecule has 2 aromatic rings. The second-order valence-electron chi connectivity index (χ2n) is 14.3. The quantitative estimate of drug-likeness (QED) is 0.355.